The summed E-state index contributed by atoms with van der Waals surface area (Å²) in [6.07, 6.45) is 0. The molecular formula is C14H17N3O3. The minimum atomic E-state index is -1.10. The van der Waals surface area contributed by atoms with Crippen molar-refractivity contribution in [2.45, 2.75) is 26.8 Å². The molecule has 20 heavy (non-hydrogen) atoms. The summed E-state index contributed by atoms with van der Waals surface area (Å²) in [7, 11) is 0. The molecule has 0 heterocycles. The number of nitriles is 1. The van der Waals surface area contributed by atoms with E-state index in [1.807, 2.05) is 6.07 Å². The summed E-state index contributed by atoms with van der Waals surface area (Å²) in [5.41, 5.74) is 1.46. The van der Waals surface area contributed by atoms with Gasteiger partial charge in [-0.15, -0.1) is 0 Å². The molecule has 106 valence electrons. The van der Waals surface area contributed by atoms with E-state index in [-0.39, 0.29) is 5.92 Å². The van der Waals surface area contributed by atoms with Crippen molar-refractivity contribution in [3.05, 3.63) is 29.3 Å². The Hall–Kier alpha value is -2.55. The van der Waals surface area contributed by atoms with E-state index in [1.165, 1.54) is 0 Å². The molecule has 0 fully saturated rings. The molecule has 0 aromatic heterocycles. The number of amides is 2. The van der Waals surface area contributed by atoms with Gasteiger partial charge >= 0.3 is 12.0 Å². The Kier molecular flexibility index (Phi) is 5.09. The average Bonchev–Trinajstić information content (AvgIpc) is 2.35. The Balaban J connectivity index is 2.85. The van der Waals surface area contributed by atoms with Crippen LogP contribution in [0.15, 0.2) is 18.2 Å². The van der Waals surface area contributed by atoms with Crippen molar-refractivity contribution in [2.24, 2.45) is 5.92 Å². The molecule has 0 aliphatic carbocycles. The van der Waals surface area contributed by atoms with Gasteiger partial charge in [-0.2, -0.15) is 5.26 Å². The normalized spacial score (nSPS) is 11.6. The lowest BCUT2D eigenvalue weighted by molar-refractivity contribution is -0.140. The molecule has 0 saturated carbocycles. The third kappa shape index (κ3) is 3.72. The van der Waals surface area contributed by atoms with E-state index >= 15 is 0 Å². The van der Waals surface area contributed by atoms with Crippen molar-refractivity contribution in [1.29, 1.82) is 5.26 Å². The van der Waals surface area contributed by atoms with Crippen LogP contribution < -0.4 is 10.6 Å². The molecule has 0 saturated heterocycles. The summed E-state index contributed by atoms with van der Waals surface area (Å²) in [4.78, 5) is 22.8. The Morgan fingerprint density at radius 3 is 2.50 bits per heavy atom. The fourth-order valence-electron chi connectivity index (χ4n) is 1.73. The van der Waals surface area contributed by atoms with Gasteiger partial charge in [-0.25, -0.2) is 9.59 Å². The summed E-state index contributed by atoms with van der Waals surface area (Å²) >= 11 is 0. The predicted octanol–water partition coefficient (Wildman–Crippen LogP) is 2.10. The van der Waals surface area contributed by atoms with Crippen LogP contribution in [0.2, 0.25) is 0 Å². The number of anilines is 1. The fourth-order valence-corrected chi connectivity index (χ4v) is 1.73. The highest BCUT2D eigenvalue weighted by molar-refractivity contribution is 5.93. The SMILES string of the molecule is Cc1cccc(NC(=O)N[C@H](C(=O)O)C(C)C)c1C#N. The van der Waals surface area contributed by atoms with Gasteiger partial charge in [0.2, 0.25) is 0 Å². The number of hydrogen-bond donors (Lipinski definition) is 3. The average molecular weight is 275 g/mol. The number of hydrogen-bond acceptors (Lipinski definition) is 3. The van der Waals surface area contributed by atoms with Gasteiger partial charge < -0.3 is 15.7 Å². The number of aryl methyl sites for hydroxylation is 1. The smallest absolute Gasteiger partial charge is 0.326 e. The van der Waals surface area contributed by atoms with E-state index in [1.54, 1.807) is 39.0 Å². The van der Waals surface area contributed by atoms with Crippen molar-refractivity contribution in [1.82, 2.24) is 5.32 Å². The van der Waals surface area contributed by atoms with Gasteiger partial charge in [0.05, 0.1) is 11.3 Å². The zero-order chi connectivity index (χ0) is 15.3. The second-order valence-electron chi connectivity index (χ2n) is 4.77. The van der Waals surface area contributed by atoms with Crippen LogP contribution in [0.4, 0.5) is 10.5 Å². The molecule has 0 aliphatic heterocycles. The maximum atomic E-state index is 11.8. The van der Waals surface area contributed by atoms with Crippen molar-refractivity contribution < 1.29 is 14.7 Å². The van der Waals surface area contributed by atoms with Gasteiger partial charge in [0, 0.05) is 0 Å². The lowest BCUT2D eigenvalue weighted by Gasteiger charge is -2.18. The zero-order valence-electron chi connectivity index (χ0n) is 11.6. The maximum Gasteiger partial charge on any atom is 0.326 e. The van der Waals surface area contributed by atoms with Crippen LogP contribution in [0, 0.1) is 24.2 Å². The first-order valence-corrected chi connectivity index (χ1v) is 6.16. The zero-order valence-corrected chi connectivity index (χ0v) is 11.6. The van der Waals surface area contributed by atoms with Gasteiger partial charge in [0.25, 0.3) is 0 Å². The number of carboxylic acids is 1. The molecule has 0 aliphatic rings. The molecule has 1 aromatic rings. The quantitative estimate of drug-likeness (QED) is 0.783. The van der Waals surface area contributed by atoms with Crippen LogP contribution in [-0.4, -0.2) is 23.1 Å². The number of rotatable bonds is 4. The fraction of sp³-hybridized carbons (Fsp3) is 0.357. The second-order valence-corrected chi connectivity index (χ2v) is 4.77. The van der Waals surface area contributed by atoms with Gasteiger partial charge in [-0.3, -0.25) is 0 Å². The Bertz CT molecular complexity index is 561. The molecule has 0 bridgehead atoms. The minimum absolute atomic E-state index is 0.244. The van der Waals surface area contributed by atoms with E-state index < -0.39 is 18.0 Å². The molecule has 6 heteroatoms. The Morgan fingerprint density at radius 1 is 1.35 bits per heavy atom. The highest BCUT2D eigenvalue weighted by Crippen LogP contribution is 2.18. The van der Waals surface area contributed by atoms with Crippen molar-refractivity contribution >= 4 is 17.7 Å². The van der Waals surface area contributed by atoms with E-state index in [0.717, 1.165) is 5.56 Å². The molecule has 1 rings (SSSR count). The molecule has 1 atom stereocenters. The molecule has 0 radical (unpaired) electrons. The van der Waals surface area contributed by atoms with Crippen LogP contribution >= 0.6 is 0 Å². The van der Waals surface area contributed by atoms with Crippen molar-refractivity contribution in [2.75, 3.05) is 5.32 Å². The van der Waals surface area contributed by atoms with E-state index in [0.29, 0.717) is 11.3 Å². The predicted molar refractivity (Wildman–Crippen MR) is 74.3 cm³/mol. The molecule has 0 spiro atoms. The third-order valence-electron chi connectivity index (χ3n) is 2.85. The van der Waals surface area contributed by atoms with E-state index in [2.05, 4.69) is 10.6 Å². The third-order valence-corrected chi connectivity index (χ3v) is 2.85. The van der Waals surface area contributed by atoms with E-state index in [4.69, 9.17) is 10.4 Å². The monoisotopic (exact) mass is 275 g/mol. The number of carboxylic acid groups (broad SMARTS) is 1. The first kappa shape index (κ1) is 15.5. The first-order chi connectivity index (χ1) is 9.36. The standard InChI is InChI=1S/C14H17N3O3/c1-8(2)12(13(18)19)17-14(20)16-11-6-4-5-9(3)10(11)7-15/h4-6,8,12H,1-3H3,(H,18,19)(H2,16,17,20)/t12-/m0/s1. The topological polar surface area (TPSA) is 102 Å². The number of aliphatic carboxylic acids is 1. The molecule has 6 nitrogen and oxygen atoms in total. The van der Waals surface area contributed by atoms with Crippen molar-refractivity contribution in [3.63, 3.8) is 0 Å². The first-order valence-electron chi connectivity index (χ1n) is 6.16. The molecule has 0 unspecified atom stereocenters. The van der Waals surface area contributed by atoms with Crippen LogP contribution in [0.3, 0.4) is 0 Å². The minimum Gasteiger partial charge on any atom is -0.480 e. The lowest BCUT2D eigenvalue weighted by Crippen LogP contribution is -2.46. The number of nitrogens with one attached hydrogen (secondary N) is 2. The van der Waals surface area contributed by atoms with Crippen LogP contribution in [0.1, 0.15) is 25.0 Å². The highest BCUT2D eigenvalue weighted by atomic mass is 16.4. The van der Waals surface area contributed by atoms with E-state index in [9.17, 15) is 9.59 Å². The lowest BCUT2D eigenvalue weighted by atomic mass is 10.1. The van der Waals surface area contributed by atoms with Crippen LogP contribution in [0.5, 0.6) is 0 Å². The number of nitrogens with zero attached hydrogens (tertiary/aromatic N) is 1. The molecule has 1 aromatic carbocycles. The number of carbonyl (C=O) groups is 2. The summed E-state index contributed by atoms with van der Waals surface area (Å²) < 4.78 is 0. The Morgan fingerprint density at radius 2 is 2.00 bits per heavy atom. The number of urea groups is 1. The number of benzene rings is 1. The molecule has 2 amide bonds. The molecule has 3 N–H and O–H groups in total. The maximum absolute atomic E-state index is 11.8. The number of carbonyl (C=O) groups excluding carboxylic acids is 1. The second kappa shape index (κ2) is 6.57. The summed E-state index contributed by atoms with van der Waals surface area (Å²) in [5, 5.41) is 22.9. The summed E-state index contributed by atoms with van der Waals surface area (Å²) in [6.45, 7) is 5.16. The van der Waals surface area contributed by atoms with Gasteiger partial charge in [0.15, 0.2) is 0 Å². The van der Waals surface area contributed by atoms with Gasteiger partial charge in [-0.1, -0.05) is 26.0 Å². The summed E-state index contributed by atoms with van der Waals surface area (Å²) in [5.74, 6) is -1.34. The summed E-state index contributed by atoms with van der Waals surface area (Å²) in [6, 6.07) is 5.45. The highest BCUT2D eigenvalue weighted by Gasteiger charge is 2.23. The van der Waals surface area contributed by atoms with Gasteiger partial charge in [-0.05, 0) is 24.5 Å². The largest absolute Gasteiger partial charge is 0.480 e. The van der Waals surface area contributed by atoms with Crippen molar-refractivity contribution in [3.8, 4) is 6.07 Å². The van der Waals surface area contributed by atoms with Gasteiger partial charge in [0.1, 0.15) is 12.1 Å². The Labute approximate surface area is 117 Å². The van der Waals surface area contributed by atoms with Crippen LogP contribution in [0.25, 0.3) is 0 Å². The molecular weight excluding hydrogens is 258 g/mol. The van der Waals surface area contributed by atoms with Crippen LogP contribution in [-0.2, 0) is 4.79 Å².